The van der Waals surface area contributed by atoms with E-state index < -0.39 is 0 Å². The first-order valence-electron chi connectivity index (χ1n) is 8.03. The lowest BCUT2D eigenvalue weighted by Gasteiger charge is -2.30. The van der Waals surface area contributed by atoms with Crippen molar-refractivity contribution in [1.82, 2.24) is 0 Å². The second kappa shape index (κ2) is 7.49. The Morgan fingerprint density at radius 3 is 2.54 bits per heavy atom. The van der Waals surface area contributed by atoms with E-state index in [2.05, 4.69) is 23.2 Å². The highest BCUT2D eigenvalue weighted by Gasteiger charge is 2.27. The Labute approximate surface area is 146 Å². The van der Waals surface area contributed by atoms with Gasteiger partial charge < -0.3 is 4.90 Å². The summed E-state index contributed by atoms with van der Waals surface area (Å²) < 4.78 is 0. The fraction of sp³-hybridized carbons (Fsp3) is 0.263. The van der Waals surface area contributed by atoms with Gasteiger partial charge in [0.1, 0.15) is 0 Å². The van der Waals surface area contributed by atoms with Crippen molar-refractivity contribution >= 4 is 17.3 Å². The van der Waals surface area contributed by atoms with Crippen LogP contribution in [0.4, 0.5) is 5.69 Å². The summed E-state index contributed by atoms with van der Waals surface area (Å²) in [6, 6.07) is 17.5. The molecule has 0 N–H and O–H groups in total. The number of rotatable bonds is 5. The van der Waals surface area contributed by atoms with Crippen LogP contribution in [0.3, 0.4) is 0 Å². The number of hydrogen-bond donors (Lipinski definition) is 0. The first-order chi connectivity index (χ1) is 11.6. The lowest BCUT2D eigenvalue weighted by Crippen LogP contribution is -2.26. The van der Waals surface area contributed by atoms with Crippen LogP contribution in [0, 0.1) is 10.1 Å². The Bertz CT molecular complexity index is 746. The third-order valence-corrected chi connectivity index (χ3v) is 4.68. The number of benzene rings is 2. The summed E-state index contributed by atoms with van der Waals surface area (Å²) in [5.74, 6) is -0.291. The lowest BCUT2D eigenvalue weighted by molar-refractivity contribution is -0.482. The molecule has 0 saturated carbocycles. The van der Waals surface area contributed by atoms with Crippen molar-refractivity contribution in [3.8, 4) is 0 Å². The molecule has 0 aromatic heterocycles. The Kier molecular flexibility index (Phi) is 5.16. The van der Waals surface area contributed by atoms with E-state index in [-0.39, 0.29) is 17.4 Å². The van der Waals surface area contributed by atoms with Crippen molar-refractivity contribution < 1.29 is 4.92 Å². The first-order valence-corrected chi connectivity index (χ1v) is 8.41. The van der Waals surface area contributed by atoms with Crippen molar-refractivity contribution in [3.63, 3.8) is 0 Å². The van der Waals surface area contributed by atoms with Gasteiger partial charge in [0.05, 0.1) is 5.92 Å². The molecule has 0 radical (unpaired) electrons. The van der Waals surface area contributed by atoms with Gasteiger partial charge in [0.25, 0.3) is 0 Å². The molecule has 1 aliphatic heterocycles. The van der Waals surface area contributed by atoms with Crippen LogP contribution < -0.4 is 4.90 Å². The molecule has 0 amide bonds. The van der Waals surface area contributed by atoms with Crippen LogP contribution in [-0.4, -0.2) is 18.0 Å². The average Bonchev–Trinajstić information content (AvgIpc) is 2.61. The molecule has 124 valence electrons. The summed E-state index contributed by atoms with van der Waals surface area (Å²) in [5.41, 5.74) is 3.00. The van der Waals surface area contributed by atoms with Crippen LogP contribution in [0.1, 0.15) is 24.3 Å². The topological polar surface area (TPSA) is 46.4 Å². The summed E-state index contributed by atoms with van der Waals surface area (Å²) >= 11 is 6.31. The predicted octanol–water partition coefficient (Wildman–Crippen LogP) is 4.88. The van der Waals surface area contributed by atoms with Gasteiger partial charge in [-0.2, -0.15) is 0 Å². The maximum Gasteiger partial charge on any atom is 0.214 e. The minimum absolute atomic E-state index is 0.141. The zero-order valence-electron chi connectivity index (χ0n) is 13.3. The van der Waals surface area contributed by atoms with Gasteiger partial charge in [0, 0.05) is 28.4 Å². The molecule has 3 rings (SSSR count). The Morgan fingerprint density at radius 2 is 1.83 bits per heavy atom. The molecule has 5 heteroatoms. The van der Waals surface area contributed by atoms with E-state index in [1.165, 1.54) is 0 Å². The number of para-hydroxylation sites is 1. The van der Waals surface area contributed by atoms with Crippen LogP contribution in [-0.2, 0) is 0 Å². The minimum Gasteiger partial charge on any atom is -0.348 e. The summed E-state index contributed by atoms with van der Waals surface area (Å²) in [6.07, 6.45) is 3.89. The summed E-state index contributed by atoms with van der Waals surface area (Å²) in [4.78, 5) is 13.1. The standard InChI is InChI=1S/C19H19ClN2O2/c20-19-11-5-4-10-17(19)18(14-22(23)24)15-7-6-12-21(13-15)16-8-2-1-3-9-16/h1-5,8-11,13,18H,6-7,12,14H2. The molecular weight excluding hydrogens is 324 g/mol. The van der Waals surface area contributed by atoms with Gasteiger partial charge in [0.2, 0.25) is 6.54 Å². The maximum atomic E-state index is 11.2. The van der Waals surface area contributed by atoms with Crippen molar-refractivity contribution in [1.29, 1.82) is 0 Å². The van der Waals surface area contributed by atoms with Crippen LogP contribution in [0.2, 0.25) is 5.02 Å². The third-order valence-electron chi connectivity index (χ3n) is 4.33. The molecule has 24 heavy (non-hydrogen) atoms. The smallest absolute Gasteiger partial charge is 0.214 e. The number of nitrogens with zero attached hydrogens (tertiary/aromatic N) is 2. The Hall–Kier alpha value is -2.33. The molecule has 0 saturated heterocycles. The summed E-state index contributed by atoms with van der Waals surface area (Å²) in [6.45, 7) is 0.777. The highest BCUT2D eigenvalue weighted by atomic mass is 35.5. The molecule has 1 aliphatic rings. The van der Waals surface area contributed by atoms with Crippen molar-refractivity contribution in [2.75, 3.05) is 18.0 Å². The van der Waals surface area contributed by atoms with Crippen LogP contribution in [0.25, 0.3) is 0 Å². The molecule has 0 bridgehead atoms. The van der Waals surface area contributed by atoms with Crippen LogP contribution in [0.15, 0.2) is 66.4 Å². The lowest BCUT2D eigenvalue weighted by atomic mass is 9.87. The number of halogens is 1. The van der Waals surface area contributed by atoms with E-state index in [1.54, 1.807) is 6.07 Å². The number of hydrogen-bond acceptors (Lipinski definition) is 3. The fourth-order valence-electron chi connectivity index (χ4n) is 3.19. The highest BCUT2D eigenvalue weighted by molar-refractivity contribution is 6.31. The molecule has 2 aromatic rings. The largest absolute Gasteiger partial charge is 0.348 e. The molecule has 1 atom stereocenters. The third kappa shape index (κ3) is 3.77. The zero-order chi connectivity index (χ0) is 16.9. The average molecular weight is 343 g/mol. The zero-order valence-corrected chi connectivity index (χ0v) is 14.0. The Balaban J connectivity index is 1.96. The second-order valence-corrected chi connectivity index (χ2v) is 6.33. The van der Waals surface area contributed by atoms with Gasteiger partial charge in [-0.25, -0.2) is 0 Å². The molecule has 1 heterocycles. The van der Waals surface area contributed by atoms with E-state index in [0.29, 0.717) is 5.02 Å². The first kappa shape index (κ1) is 16.5. The van der Waals surface area contributed by atoms with Gasteiger partial charge in [-0.05, 0) is 42.2 Å². The summed E-state index contributed by atoms with van der Waals surface area (Å²) in [7, 11) is 0. The summed E-state index contributed by atoms with van der Waals surface area (Å²) in [5, 5.41) is 11.8. The molecule has 0 spiro atoms. The van der Waals surface area contributed by atoms with Crippen LogP contribution in [0.5, 0.6) is 0 Å². The molecule has 0 aliphatic carbocycles. The van der Waals surface area contributed by atoms with Crippen LogP contribution >= 0.6 is 11.6 Å². The van der Waals surface area contributed by atoms with Gasteiger partial charge in [-0.15, -0.1) is 0 Å². The van der Waals surface area contributed by atoms with E-state index >= 15 is 0 Å². The fourth-order valence-corrected chi connectivity index (χ4v) is 3.46. The number of anilines is 1. The SMILES string of the molecule is O=[N+]([O-])CC(C1=CN(c2ccccc2)CCC1)c1ccccc1Cl. The minimum atomic E-state index is -0.291. The highest BCUT2D eigenvalue weighted by Crippen LogP contribution is 2.35. The monoisotopic (exact) mass is 342 g/mol. The normalized spacial score (nSPS) is 15.7. The van der Waals surface area contributed by atoms with Crippen molar-refractivity contribution in [3.05, 3.63) is 87.1 Å². The van der Waals surface area contributed by atoms with Crippen molar-refractivity contribution in [2.45, 2.75) is 18.8 Å². The maximum absolute atomic E-state index is 11.2. The van der Waals surface area contributed by atoms with E-state index in [9.17, 15) is 10.1 Å². The Morgan fingerprint density at radius 1 is 1.12 bits per heavy atom. The predicted molar refractivity (Wildman–Crippen MR) is 97.2 cm³/mol. The second-order valence-electron chi connectivity index (χ2n) is 5.93. The van der Waals surface area contributed by atoms with Gasteiger partial charge in [-0.3, -0.25) is 10.1 Å². The van der Waals surface area contributed by atoms with Gasteiger partial charge >= 0.3 is 0 Å². The molecule has 2 aromatic carbocycles. The van der Waals surface area contributed by atoms with Gasteiger partial charge in [-0.1, -0.05) is 48.0 Å². The molecular formula is C19H19ClN2O2. The quantitative estimate of drug-likeness (QED) is 0.574. The molecule has 0 fully saturated rings. The van der Waals surface area contributed by atoms with Gasteiger partial charge in [0.15, 0.2) is 0 Å². The molecule has 1 unspecified atom stereocenters. The van der Waals surface area contributed by atoms with Crippen molar-refractivity contribution in [2.24, 2.45) is 0 Å². The van der Waals surface area contributed by atoms with E-state index in [4.69, 9.17) is 11.6 Å². The molecule has 4 nitrogen and oxygen atoms in total. The number of nitro groups is 1. The van der Waals surface area contributed by atoms with E-state index in [1.807, 2.05) is 36.4 Å². The van der Waals surface area contributed by atoms with E-state index in [0.717, 1.165) is 36.2 Å².